The zero-order chi connectivity index (χ0) is 84.7. The van der Waals surface area contributed by atoms with E-state index >= 15 is 0 Å². The average molecular weight is 1810 g/mol. The molecule has 0 N–H and O–H groups in total. The molecule has 0 heterocycles. The van der Waals surface area contributed by atoms with E-state index in [0.717, 1.165) is 0 Å². The number of hydrogen-bond donors (Lipinski definition) is 0. The van der Waals surface area contributed by atoms with Gasteiger partial charge in [-0.3, -0.25) is 0 Å². The minimum atomic E-state index is -7.43. The molecule has 0 aliphatic heterocycles. The molecule has 0 aromatic heterocycles. The lowest BCUT2D eigenvalue weighted by atomic mass is 10.1. The Morgan fingerprint density at radius 3 is 0.591 bits per heavy atom. The summed E-state index contributed by atoms with van der Waals surface area (Å²) in [5, 5.41) is -21.3. The highest BCUT2D eigenvalue weighted by molar-refractivity contribution is 7.97. The van der Waals surface area contributed by atoms with Crippen LogP contribution in [0.2, 0.25) is 0 Å². The Morgan fingerprint density at radius 1 is 0.255 bits per heavy atom. The molecule has 8 aromatic carbocycles. The summed E-state index contributed by atoms with van der Waals surface area (Å²) in [6.07, 6.45) is -21.5. The maximum Gasteiger partial charge on any atom is 0.460 e. The first kappa shape index (κ1) is 93.6. The Kier molecular flexibility index (Phi) is 28.0. The van der Waals surface area contributed by atoms with Crippen molar-refractivity contribution in [2.75, 3.05) is 0 Å². The van der Waals surface area contributed by atoms with Crippen molar-refractivity contribution in [2.24, 2.45) is 0 Å². The predicted molar refractivity (Wildman–Crippen MR) is 341 cm³/mol. The number of hydrogen-bond acceptors (Lipinski definition) is 9. The lowest BCUT2D eigenvalue weighted by Gasteiger charge is -2.34. The van der Waals surface area contributed by atoms with Crippen molar-refractivity contribution in [2.45, 2.75) is 155 Å². The first-order valence-electron chi connectivity index (χ1n) is 29.8. The highest BCUT2D eigenvalue weighted by atomic mass is 127. The van der Waals surface area contributed by atoms with E-state index in [2.05, 4.69) is 225 Å². The van der Waals surface area contributed by atoms with Crippen LogP contribution in [-0.4, -0.2) is 109 Å². The lowest BCUT2D eigenvalue weighted by molar-refractivity contribution is -0.597. The molecule has 9 nitrogen and oxygen atoms in total. The molecule has 8 rings (SSSR count). The second-order valence-corrected chi connectivity index (χ2v) is 34.6. The molecule has 0 unspecified atom stereocenters. The SMILES string of the molecule is Cc1cccc([S+](c2ccc(-c3ccc([I+]c4ccc(-c5ccc([S+](c6cccc(C)c6C)c6cccc(C)c6C)cc5)cc4)cc3)cc2)c2cccc(C)c2C)c1C.O=S(=O)([O-])C(F)(F)C(F)(F)C(F)(F)C(F)(F)F.O=S(=O)([O-])C(F)(F)C(F)(F)C(F)(F)C(F)(F)F.O=S(=O)([O-])C(F)(F)C(F)(F)C(F)(F)C(F)(F)F. The summed E-state index contributed by atoms with van der Waals surface area (Å²) in [5.74, 6) is -44.5. The summed E-state index contributed by atoms with van der Waals surface area (Å²) < 4.78 is 409. The molecule has 0 fully saturated rings. The Balaban J connectivity index is 0.000000344. The fourth-order valence-corrected chi connectivity index (χ4v) is 17.7. The zero-order valence-electron chi connectivity index (χ0n) is 56.5. The molecule has 0 saturated heterocycles. The lowest BCUT2D eigenvalue weighted by Crippen LogP contribution is -3.61. The topological polar surface area (TPSA) is 172 Å². The van der Waals surface area contributed by atoms with Gasteiger partial charge in [0.15, 0.2) is 66.9 Å². The molecular weight excluding hydrogens is 1760 g/mol. The van der Waals surface area contributed by atoms with Crippen LogP contribution in [0.25, 0.3) is 22.3 Å². The number of alkyl halides is 27. The van der Waals surface area contributed by atoms with E-state index in [1.807, 2.05) is 0 Å². The second kappa shape index (κ2) is 32.9. The monoisotopic (exact) mass is 1810 g/mol. The fraction of sp³-hybridized carbons (Fsp3) is 0.294. The summed E-state index contributed by atoms with van der Waals surface area (Å²) in [6.45, 7) is 18.0. The van der Waals surface area contributed by atoms with Gasteiger partial charge in [0, 0.05) is 22.3 Å². The van der Waals surface area contributed by atoms with E-state index in [1.54, 1.807) is 0 Å². The van der Waals surface area contributed by atoms with E-state index in [-0.39, 0.29) is 43.0 Å². The Labute approximate surface area is 625 Å². The van der Waals surface area contributed by atoms with Crippen LogP contribution in [0.1, 0.15) is 44.5 Å². The van der Waals surface area contributed by atoms with E-state index in [1.165, 1.54) is 103 Å². The second-order valence-electron chi connectivity index (χ2n) is 23.4. The molecule has 0 spiro atoms. The van der Waals surface area contributed by atoms with Crippen LogP contribution >= 0.6 is 0 Å². The zero-order valence-corrected chi connectivity index (χ0v) is 62.7. The molecule has 0 aliphatic carbocycles. The standard InChI is InChI=1S/C56H52IS2.3C4HF9O3S/c1-37-13-9-17-53(41(37)5)58(54-18-10-14-38(2)42(54)6)51-33-25-47(26-34-51)45-21-29-49(30-22-45)57-50-31-23-46(24-32-50)48-27-35-52(36-28-48)59(55-19-11-15-39(3)43(55)7)56-20-12-16-40(4)44(56)8;3*5-1(6,3(9,10)11)2(7,8)4(12,13)17(14,15)16/h9-36H,1-8H3;3*(H,14,15,16)/q+3;;;/p-3. The molecule has 110 heavy (non-hydrogen) atoms. The summed E-state index contributed by atoms with van der Waals surface area (Å²) in [4.78, 5) is 8.37. The van der Waals surface area contributed by atoms with Gasteiger partial charge in [0.1, 0.15) is 0 Å². The minimum absolute atomic E-state index is 0.180. The van der Waals surface area contributed by atoms with Crippen LogP contribution in [0.4, 0.5) is 119 Å². The van der Waals surface area contributed by atoms with E-state index in [4.69, 9.17) is 0 Å². The first-order valence-corrected chi connectivity index (χ1v) is 38.7. The highest BCUT2D eigenvalue weighted by Crippen LogP contribution is 2.57. The van der Waals surface area contributed by atoms with Gasteiger partial charge >= 0.3 is 91.0 Å². The van der Waals surface area contributed by atoms with Crippen LogP contribution in [0.15, 0.2) is 199 Å². The predicted octanol–water partition coefficient (Wildman–Crippen LogP) is 17.7. The minimum Gasteiger partial charge on any atom is -0.743 e. The number of benzene rings is 8. The maximum absolute atomic E-state index is 12.2. The molecule has 0 saturated carbocycles. The normalized spacial score (nSPS) is 13.6. The van der Waals surface area contributed by atoms with Crippen LogP contribution < -0.4 is 21.2 Å². The van der Waals surface area contributed by atoms with Gasteiger partial charge in [-0.25, -0.2) is 25.3 Å². The fourth-order valence-electron chi connectivity index (χ4n) is 9.18. The van der Waals surface area contributed by atoms with Gasteiger partial charge in [0.2, 0.25) is 0 Å². The Bertz CT molecular complexity index is 4470. The van der Waals surface area contributed by atoms with Crippen LogP contribution in [-0.2, 0) is 52.1 Å². The van der Waals surface area contributed by atoms with Crippen LogP contribution in [0.3, 0.4) is 0 Å². The smallest absolute Gasteiger partial charge is 0.460 e. The first-order chi connectivity index (χ1) is 49.6. The average Bonchev–Trinajstić information content (AvgIpc) is 0.736. The molecule has 8 aromatic rings. The third-order valence-electron chi connectivity index (χ3n) is 16.1. The highest BCUT2D eigenvalue weighted by Gasteiger charge is 2.86. The van der Waals surface area contributed by atoms with E-state index in [0.29, 0.717) is 0 Å². The molecule has 604 valence electrons. The molecule has 0 bridgehead atoms. The quantitative estimate of drug-likeness (QED) is 0.0331. The largest absolute Gasteiger partial charge is 0.743 e. The van der Waals surface area contributed by atoms with Gasteiger partial charge in [-0.2, -0.15) is 119 Å². The van der Waals surface area contributed by atoms with Crippen molar-refractivity contribution in [3.63, 3.8) is 0 Å². The molecule has 0 atom stereocenters. The van der Waals surface area contributed by atoms with Crippen molar-refractivity contribution in [1.29, 1.82) is 0 Å². The van der Waals surface area contributed by atoms with Gasteiger partial charge in [-0.1, -0.05) is 48.5 Å². The van der Waals surface area contributed by atoms with E-state index in [9.17, 15) is 157 Å². The van der Waals surface area contributed by atoms with Gasteiger partial charge in [-0.05, 0) is 221 Å². The number of rotatable bonds is 19. The maximum atomic E-state index is 12.2. The third-order valence-corrected chi connectivity index (χ3v) is 26.5. The molecular formula is C68H52F27IO9S5. The Morgan fingerprint density at radius 2 is 0.427 bits per heavy atom. The summed E-state index contributed by atoms with van der Waals surface area (Å²) in [7, 11) is -22.6. The van der Waals surface area contributed by atoms with Crippen molar-refractivity contribution in [1.82, 2.24) is 0 Å². The van der Waals surface area contributed by atoms with Crippen LogP contribution in [0, 0.1) is 62.5 Å². The number of halogens is 28. The summed E-state index contributed by atoms with van der Waals surface area (Å²) in [5.41, 5.74) is 16.0. The van der Waals surface area contributed by atoms with Crippen LogP contribution in [0.5, 0.6) is 0 Å². The van der Waals surface area contributed by atoms with Gasteiger partial charge < -0.3 is 13.7 Å². The van der Waals surface area contributed by atoms with Gasteiger partial charge in [-0.15, -0.1) is 0 Å². The van der Waals surface area contributed by atoms with Gasteiger partial charge in [0.05, 0.1) is 21.8 Å². The Hall–Kier alpha value is -6.97. The summed E-state index contributed by atoms with van der Waals surface area (Å²) in [6, 6.07) is 64.3. The van der Waals surface area contributed by atoms with Crippen molar-refractivity contribution in [3.05, 3.63) is 222 Å². The van der Waals surface area contributed by atoms with Crippen molar-refractivity contribution in [3.8, 4) is 22.3 Å². The number of aryl methyl sites for hydroxylation is 4. The molecule has 0 aliphatic rings. The third kappa shape index (κ3) is 18.6. The summed E-state index contributed by atoms with van der Waals surface area (Å²) >= 11 is -0.292. The molecule has 0 amide bonds. The van der Waals surface area contributed by atoms with Crippen molar-refractivity contribution >= 4 is 52.1 Å². The van der Waals surface area contributed by atoms with Gasteiger partial charge in [0.25, 0.3) is 0 Å². The van der Waals surface area contributed by atoms with Crippen molar-refractivity contribution < 1.29 is 179 Å². The molecule has 42 heteroatoms. The molecule has 0 radical (unpaired) electrons. The van der Waals surface area contributed by atoms with E-state index < -0.39 is 100 Å².